The van der Waals surface area contributed by atoms with E-state index in [1.807, 2.05) is 0 Å². The van der Waals surface area contributed by atoms with Crippen LogP contribution in [0.5, 0.6) is 0 Å². The van der Waals surface area contributed by atoms with Crippen molar-refractivity contribution in [3.63, 3.8) is 0 Å². The van der Waals surface area contributed by atoms with Gasteiger partial charge in [-0.25, -0.2) is 4.68 Å². The van der Waals surface area contributed by atoms with Gasteiger partial charge in [-0.15, -0.1) is 0 Å². The van der Waals surface area contributed by atoms with Crippen molar-refractivity contribution in [1.82, 2.24) is 9.78 Å². The van der Waals surface area contributed by atoms with Gasteiger partial charge >= 0.3 is 0 Å². The molecule has 0 aromatic carbocycles. The van der Waals surface area contributed by atoms with Crippen molar-refractivity contribution in [3.8, 4) is 0 Å². The van der Waals surface area contributed by atoms with E-state index in [1.165, 1.54) is 0 Å². The van der Waals surface area contributed by atoms with Gasteiger partial charge in [0, 0.05) is 12.5 Å². The van der Waals surface area contributed by atoms with E-state index in [1.54, 1.807) is 10.7 Å². The van der Waals surface area contributed by atoms with Gasteiger partial charge < -0.3 is 4.74 Å². The number of hydrogen-bond acceptors (Lipinski definition) is 5. The fraction of sp³-hybridized carbons (Fsp3) is 0.615. The van der Waals surface area contributed by atoms with Crippen molar-refractivity contribution in [2.75, 3.05) is 13.2 Å². The lowest BCUT2D eigenvalue weighted by Gasteiger charge is -2.23. The highest BCUT2D eigenvalue weighted by molar-refractivity contribution is 7.78. The standard InChI is InChI=1S/C13H15N3O2S/c17-13-12(14-8-19)6-11(9-3-4-9)15-16(13)10-2-1-5-18-7-10/h6,9-10H,1-5,7H2. The summed E-state index contributed by atoms with van der Waals surface area (Å²) >= 11 is 4.61. The molecule has 1 unspecified atom stereocenters. The number of hydrogen-bond donors (Lipinski definition) is 0. The van der Waals surface area contributed by atoms with Gasteiger partial charge in [-0.3, -0.25) is 4.79 Å². The zero-order chi connectivity index (χ0) is 13.2. The van der Waals surface area contributed by atoms with Crippen LogP contribution in [0.4, 0.5) is 5.69 Å². The van der Waals surface area contributed by atoms with Gasteiger partial charge in [0.1, 0.15) is 5.69 Å². The van der Waals surface area contributed by atoms with Crippen LogP contribution in [-0.4, -0.2) is 28.2 Å². The lowest BCUT2D eigenvalue weighted by Crippen LogP contribution is -2.32. The summed E-state index contributed by atoms with van der Waals surface area (Å²) in [5.74, 6) is 0.468. The molecule has 1 aliphatic heterocycles. The summed E-state index contributed by atoms with van der Waals surface area (Å²) in [6, 6.07) is 1.76. The topological polar surface area (TPSA) is 56.5 Å². The first kappa shape index (κ1) is 12.7. The van der Waals surface area contributed by atoms with E-state index < -0.39 is 0 Å². The molecule has 0 spiro atoms. The fourth-order valence-corrected chi connectivity index (χ4v) is 2.49. The van der Waals surface area contributed by atoms with Gasteiger partial charge in [-0.2, -0.15) is 10.1 Å². The second-order valence-electron chi connectivity index (χ2n) is 5.05. The Morgan fingerprint density at radius 2 is 2.32 bits per heavy atom. The highest BCUT2D eigenvalue weighted by Gasteiger charge is 2.28. The molecular formula is C13H15N3O2S. The molecule has 1 saturated carbocycles. The summed E-state index contributed by atoms with van der Waals surface area (Å²) in [7, 11) is 0. The van der Waals surface area contributed by atoms with Gasteiger partial charge in [0.05, 0.1) is 23.5 Å². The van der Waals surface area contributed by atoms with Crippen LogP contribution in [0.1, 0.15) is 43.3 Å². The quantitative estimate of drug-likeness (QED) is 0.628. The zero-order valence-corrected chi connectivity index (χ0v) is 11.4. The second kappa shape index (κ2) is 5.33. The van der Waals surface area contributed by atoms with Crippen LogP contribution in [-0.2, 0) is 4.74 Å². The van der Waals surface area contributed by atoms with Crippen LogP contribution in [0.25, 0.3) is 0 Å². The maximum atomic E-state index is 12.3. The Morgan fingerprint density at radius 1 is 1.47 bits per heavy atom. The Bertz CT molecular complexity index is 582. The van der Waals surface area contributed by atoms with Gasteiger partial charge in [0.25, 0.3) is 5.56 Å². The molecule has 1 saturated heterocycles. The number of nitrogens with zero attached hydrogens (tertiary/aromatic N) is 3. The van der Waals surface area contributed by atoms with Crippen LogP contribution in [0.15, 0.2) is 15.9 Å². The van der Waals surface area contributed by atoms with Crippen LogP contribution >= 0.6 is 12.2 Å². The molecule has 0 radical (unpaired) electrons. The van der Waals surface area contributed by atoms with Crippen LogP contribution in [0, 0.1) is 0 Å². The summed E-state index contributed by atoms with van der Waals surface area (Å²) in [5.41, 5.74) is 1.09. The van der Waals surface area contributed by atoms with E-state index in [0.29, 0.717) is 18.2 Å². The minimum atomic E-state index is -0.197. The molecule has 19 heavy (non-hydrogen) atoms. The predicted octanol–water partition coefficient (Wildman–Crippen LogP) is 2.21. The van der Waals surface area contributed by atoms with E-state index in [9.17, 15) is 4.79 Å². The van der Waals surface area contributed by atoms with E-state index in [2.05, 4.69) is 27.5 Å². The monoisotopic (exact) mass is 277 g/mol. The van der Waals surface area contributed by atoms with Crippen LogP contribution in [0.2, 0.25) is 0 Å². The molecule has 2 aliphatic rings. The number of thiocarbonyl (C=S) groups is 1. The summed E-state index contributed by atoms with van der Waals surface area (Å²) in [6.07, 6.45) is 4.14. The van der Waals surface area contributed by atoms with Crippen molar-refractivity contribution < 1.29 is 4.74 Å². The van der Waals surface area contributed by atoms with E-state index in [0.717, 1.165) is 38.0 Å². The first-order valence-corrected chi connectivity index (χ1v) is 7.00. The molecule has 100 valence electrons. The fourth-order valence-electron chi connectivity index (χ4n) is 2.39. The van der Waals surface area contributed by atoms with Crippen molar-refractivity contribution in [2.45, 2.75) is 37.6 Å². The van der Waals surface area contributed by atoms with Crippen molar-refractivity contribution >= 4 is 23.1 Å². The minimum absolute atomic E-state index is 0.0130. The smallest absolute Gasteiger partial charge is 0.293 e. The Morgan fingerprint density at radius 3 is 2.95 bits per heavy atom. The Hall–Kier alpha value is -1.36. The normalized spacial score (nSPS) is 22.8. The first-order valence-electron chi connectivity index (χ1n) is 6.59. The average Bonchev–Trinajstić information content (AvgIpc) is 3.27. The summed E-state index contributed by atoms with van der Waals surface area (Å²) in [5, 5.41) is 6.78. The Balaban J connectivity index is 2.05. The molecule has 3 rings (SSSR count). The highest BCUT2D eigenvalue weighted by atomic mass is 32.1. The zero-order valence-electron chi connectivity index (χ0n) is 10.5. The van der Waals surface area contributed by atoms with Crippen molar-refractivity contribution in [3.05, 3.63) is 22.1 Å². The Labute approximate surface area is 116 Å². The lowest BCUT2D eigenvalue weighted by molar-refractivity contribution is 0.0529. The maximum absolute atomic E-state index is 12.3. The molecule has 1 atom stereocenters. The Kier molecular flexibility index (Phi) is 3.55. The molecule has 0 N–H and O–H groups in total. The van der Waals surface area contributed by atoms with Gasteiger partial charge in [-0.1, -0.05) is 0 Å². The lowest BCUT2D eigenvalue weighted by atomic mass is 10.1. The maximum Gasteiger partial charge on any atom is 0.293 e. The second-order valence-corrected chi connectivity index (χ2v) is 5.24. The third-order valence-corrected chi connectivity index (χ3v) is 3.67. The van der Waals surface area contributed by atoms with Crippen molar-refractivity contribution in [2.24, 2.45) is 4.99 Å². The van der Waals surface area contributed by atoms with Gasteiger partial charge in [0.15, 0.2) is 0 Å². The molecule has 6 heteroatoms. The molecule has 2 fully saturated rings. The number of isothiocyanates is 1. The minimum Gasteiger partial charge on any atom is -0.379 e. The van der Waals surface area contributed by atoms with Gasteiger partial charge in [0.2, 0.25) is 0 Å². The van der Waals surface area contributed by atoms with E-state index in [4.69, 9.17) is 4.74 Å². The molecule has 2 heterocycles. The first-order chi connectivity index (χ1) is 9.29. The molecule has 1 aromatic rings. The molecule has 0 bridgehead atoms. The number of aromatic nitrogens is 2. The highest BCUT2D eigenvalue weighted by Crippen LogP contribution is 2.39. The molecule has 1 aliphatic carbocycles. The SMILES string of the molecule is O=c1c(N=C=S)cc(C2CC2)nn1C1CCCOC1. The average molecular weight is 277 g/mol. The molecular weight excluding hydrogens is 262 g/mol. The predicted molar refractivity (Wildman–Crippen MR) is 74.2 cm³/mol. The van der Waals surface area contributed by atoms with E-state index >= 15 is 0 Å². The summed E-state index contributed by atoms with van der Waals surface area (Å²) in [4.78, 5) is 16.2. The molecule has 1 aromatic heterocycles. The van der Waals surface area contributed by atoms with Crippen LogP contribution < -0.4 is 5.56 Å². The summed E-state index contributed by atoms with van der Waals surface area (Å²) < 4.78 is 6.98. The third kappa shape index (κ3) is 2.66. The number of ether oxygens (including phenoxy) is 1. The summed E-state index contributed by atoms with van der Waals surface area (Å²) in [6.45, 7) is 1.31. The molecule has 5 nitrogen and oxygen atoms in total. The van der Waals surface area contributed by atoms with Crippen molar-refractivity contribution in [1.29, 1.82) is 0 Å². The van der Waals surface area contributed by atoms with Gasteiger partial charge in [-0.05, 0) is 44.0 Å². The van der Waals surface area contributed by atoms with E-state index in [-0.39, 0.29) is 11.6 Å². The van der Waals surface area contributed by atoms with Crippen LogP contribution in [0.3, 0.4) is 0 Å². The number of aliphatic imine (C=N–C) groups is 1. The molecule has 0 amide bonds. The largest absolute Gasteiger partial charge is 0.379 e. The third-order valence-electron chi connectivity index (χ3n) is 3.58. The number of rotatable bonds is 3.